The molecular weight excluding hydrogens is 212 g/mol. The van der Waals surface area contributed by atoms with Crippen molar-refractivity contribution in [3.63, 3.8) is 0 Å². The van der Waals surface area contributed by atoms with Gasteiger partial charge in [0.15, 0.2) is 0 Å². The predicted octanol–water partition coefficient (Wildman–Crippen LogP) is 2.45. The van der Waals surface area contributed by atoms with Gasteiger partial charge in [-0.2, -0.15) is 0 Å². The zero-order valence-electron chi connectivity index (χ0n) is 11.6. The molecule has 17 heavy (non-hydrogen) atoms. The molecule has 1 saturated carbocycles. The first-order valence-electron chi connectivity index (χ1n) is 6.98. The van der Waals surface area contributed by atoms with Crippen molar-refractivity contribution in [2.75, 3.05) is 6.54 Å². The van der Waals surface area contributed by atoms with E-state index in [4.69, 9.17) is 5.73 Å². The maximum atomic E-state index is 12.0. The van der Waals surface area contributed by atoms with Gasteiger partial charge >= 0.3 is 0 Å². The minimum atomic E-state index is 0.0824. The van der Waals surface area contributed by atoms with E-state index in [0.717, 1.165) is 12.8 Å². The van der Waals surface area contributed by atoms with E-state index in [9.17, 15) is 4.79 Å². The molecule has 0 spiro atoms. The van der Waals surface area contributed by atoms with Crippen LogP contribution in [0.3, 0.4) is 0 Å². The van der Waals surface area contributed by atoms with Gasteiger partial charge < -0.3 is 11.1 Å². The molecule has 0 bridgehead atoms. The van der Waals surface area contributed by atoms with Crippen molar-refractivity contribution in [1.29, 1.82) is 0 Å². The average molecular weight is 240 g/mol. The first-order valence-corrected chi connectivity index (χ1v) is 6.98. The summed E-state index contributed by atoms with van der Waals surface area (Å²) in [5.41, 5.74) is 5.98. The highest BCUT2D eigenvalue weighted by molar-refractivity contribution is 5.77. The molecule has 1 aliphatic carbocycles. The van der Waals surface area contributed by atoms with E-state index in [0.29, 0.717) is 18.9 Å². The van der Waals surface area contributed by atoms with Crippen molar-refractivity contribution >= 4 is 5.91 Å². The van der Waals surface area contributed by atoms with E-state index in [1.54, 1.807) is 0 Å². The molecule has 0 aromatic carbocycles. The second-order valence-electron chi connectivity index (χ2n) is 6.04. The van der Waals surface area contributed by atoms with Gasteiger partial charge in [-0.15, -0.1) is 0 Å². The molecule has 1 unspecified atom stereocenters. The van der Waals surface area contributed by atoms with Crippen LogP contribution in [0.5, 0.6) is 0 Å². The molecule has 3 heteroatoms. The number of hydrogen-bond acceptors (Lipinski definition) is 2. The molecular formula is C14H28N2O. The van der Waals surface area contributed by atoms with Gasteiger partial charge in [-0.25, -0.2) is 0 Å². The van der Waals surface area contributed by atoms with E-state index in [-0.39, 0.29) is 17.4 Å². The lowest BCUT2D eigenvalue weighted by molar-refractivity contribution is -0.124. The summed E-state index contributed by atoms with van der Waals surface area (Å²) in [6.07, 6.45) is 6.60. The zero-order valence-corrected chi connectivity index (χ0v) is 11.6. The molecule has 1 rings (SSSR count). The summed E-state index contributed by atoms with van der Waals surface area (Å²) in [6.45, 7) is 6.98. The highest BCUT2D eigenvalue weighted by Crippen LogP contribution is 2.38. The van der Waals surface area contributed by atoms with Gasteiger partial charge in [-0.1, -0.05) is 33.1 Å². The Kier molecular flexibility index (Phi) is 5.44. The Hall–Kier alpha value is -0.570. The zero-order chi connectivity index (χ0) is 12.9. The van der Waals surface area contributed by atoms with E-state index >= 15 is 0 Å². The third-order valence-electron chi connectivity index (χ3n) is 4.27. The summed E-state index contributed by atoms with van der Waals surface area (Å²) in [5, 5.41) is 3.09. The lowest BCUT2D eigenvalue weighted by atomic mass is 9.71. The highest BCUT2D eigenvalue weighted by Gasteiger charge is 2.33. The van der Waals surface area contributed by atoms with Gasteiger partial charge in [0.2, 0.25) is 5.91 Å². The van der Waals surface area contributed by atoms with Crippen molar-refractivity contribution < 1.29 is 4.79 Å². The lowest BCUT2D eigenvalue weighted by Crippen LogP contribution is -2.42. The topological polar surface area (TPSA) is 55.1 Å². The van der Waals surface area contributed by atoms with E-state index in [1.807, 2.05) is 0 Å². The van der Waals surface area contributed by atoms with E-state index < -0.39 is 0 Å². The number of amides is 1. The Morgan fingerprint density at radius 1 is 1.24 bits per heavy atom. The fourth-order valence-corrected chi connectivity index (χ4v) is 2.57. The molecule has 0 heterocycles. The van der Waals surface area contributed by atoms with Crippen molar-refractivity contribution in [3.05, 3.63) is 0 Å². The normalized spacial score (nSPS) is 21.2. The molecule has 0 aliphatic heterocycles. The summed E-state index contributed by atoms with van der Waals surface area (Å²) in [7, 11) is 0. The number of nitrogens with two attached hydrogens (primary N) is 1. The van der Waals surface area contributed by atoms with Gasteiger partial charge in [-0.05, 0) is 37.6 Å². The Bertz CT molecular complexity index is 245. The quantitative estimate of drug-likeness (QED) is 0.775. The molecule has 3 N–H and O–H groups in total. The van der Waals surface area contributed by atoms with Crippen LogP contribution in [0.2, 0.25) is 0 Å². The molecule has 1 fully saturated rings. The van der Waals surface area contributed by atoms with Gasteiger partial charge in [0.1, 0.15) is 0 Å². The number of carbonyl (C=O) groups excluding carboxylic acids is 1. The van der Waals surface area contributed by atoms with Crippen LogP contribution < -0.4 is 11.1 Å². The van der Waals surface area contributed by atoms with Crippen LogP contribution >= 0.6 is 0 Å². The molecule has 1 aliphatic rings. The fraction of sp³-hybridized carbons (Fsp3) is 0.929. The lowest BCUT2D eigenvalue weighted by Gasteiger charge is -2.36. The van der Waals surface area contributed by atoms with Crippen LogP contribution in [-0.4, -0.2) is 18.5 Å². The largest absolute Gasteiger partial charge is 0.353 e. The predicted molar refractivity (Wildman–Crippen MR) is 71.6 cm³/mol. The van der Waals surface area contributed by atoms with Crippen molar-refractivity contribution in [2.24, 2.45) is 17.1 Å². The third kappa shape index (κ3) is 4.30. The Balaban J connectivity index is 2.47. The second kappa shape index (κ2) is 6.39. The molecule has 3 nitrogen and oxygen atoms in total. The van der Waals surface area contributed by atoms with Crippen LogP contribution in [0.15, 0.2) is 0 Å². The van der Waals surface area contributed by atoms with Gasteiger partial charge in [0.25, 0.3) is 0 Å². The third-order valence-corrected chi connectivity index (χ3v) is 4.27. The van der Waals surface area contributed by atoms with Crippen molar-refractivity contribution in [1.82, 2.24) is 5.32 Å². The van der Waals surface area contributed by atoms with Gasteiger partial charge in [0.05, 0.1) is 0 Å². The van der Waals surface area contributed by atoms with Crippen LogP contribution in [0.1, 0.15) is 59.3 Å². The molecule has 0 aromatic rings. The maximum absolute atomic E-state index is 12.0. The summed E-state index contributed by atoms with van der Waals surface area (Å²) in [5.74, 6) is 0.665. The molecule has 1 amide bonds. The minimum Gasteiger partial charge on any atom is -0.353 e. The van der Waals surface area contributed by atoms with Crippen molar-refractivity contribution in [3.8, 4) is 0 Å². The Labute approximate surface area is 106 Å². The monoisotopic (exact) mass is 240 g/mol. The van der Waals surface area contributed by atoms with Crippen LogP contribution in [-0.2, 0) is 4.79 Å². The number of carbonyl (C=O) groups is 1. The smallest absolute Gasteiger partial charge is 0.220 e. The summed E-state index contributed by atoms with van der Waals surface area (Å²) in [4.78, 5) is 12.0. The number of rotatable bonds is 5. The molecule has 0 radical (unpaired) electrons. The minimum absolute atomic E-state index is 0.0824. The van der Waals surface area contributed by atoms with Crippen LogP contribution in [0.4, 0.5) is 0 Å². The summed E-state index contributed by atoms with van der Waals surface area (Å²) < 4.78 is 0. The van der Waals surface area contributed by atoms with Crippen LogP contribution in [0, 0.1) is 11.3 Å². The first kappa shape index (κ1) is 14.5. The standard InChI is InChI=1S/C14H28N2O/c1-11(2)12(3)16-13(17)9-14(10-15)7-5-4-6-8-14/h11-12H,4-10,15H2,1-3H3,(H,16,17). The molecule has 100 valence electrons. The summed E-state index contributed by atoms with van der Waals surface area (Å²) >= 11 is 0. The van der Waals surface area contributed by atoms with Crippen LogP contribution in [0.25, 0.3) is 0 Å². The summed E-state index contributed by atoms with van der Waals surface area (Å²) in [6, 6.07) is 0.251. The molecule has 1 atom stereocenters. The average Bonchev–Trinajstić information content (AvgIpc) is 2.29. The number of hydrogen-bond donors (Lipinski definition) is 2. The molecule has 0 saturated heterocycles. The fourth-order valence-electron chi connectivity index (χ4n) is 2.57. The van der Waals surface area contributed by atoms with E-state index in [2.05, 4.69) is 26.1 Å². The van der Waals surface area contributed by atoms with Gasteiger partial charge in [0, 0.05) is 12.5 Å². The SMILES string of the molecule is CC(C)C(C)NC(=O)CC1(CN)CCCCC1. The number of nitrogens with one attached hydrogen (secondary N) is 1. The Morgan fingerprint density at radius 2 is 1.82 bits per heavy atom. The molecule has 0 aromatic heterocycles. The second-order valence-corrected chi connectivity index (χ2v) is 6.04. The van der Waals surface area contributed by atoms with Gasteiger partial charge in [-0.3, -0.25) is 4.79 Å². The first-order chi connectivity index (χ1) is 7.99. The van der Waals surface area contributed by atoms with E-state index in [1.165, 1.54) is 19.3 Å². The Morgan fingerprint density at radius 3 is 2.29 bits per heavy atom. The highest BCUT2D eigenvalue weighted by atomic mass is 16.1. The van der Waals surface area contributed by atoms with Crippen molar-refractivity contribution in [2.45, 2.75) is 65.3 Å². The maximum Gasteiger partial charge on any atom is 0.220 e.